The van der Waals surface area contributed by atoms with Crippen molar-refractivity contribution in [3.63, 3.8) is 0 Å². The maximum absolute atomic E-state index is 14.6. The van der Waals surface area contributed by atoms with Crippen molar-refractivity contribution in [1.82, 2.24) is 10.2 Å². The van der Waals surface area contributed by atoms with Gasteiger partial charge in [0.15, 0.2) is 0 Å². The van der Waals surface area contributed by atoms with Gasteiger partial charge in [-0.1, -0.05) is 66.2 Å². The second-order valence-corrected chi connectivity index (χ2v) is 14.4. The van der Waals surface area contributed by atoms with E-state index >= 15 is 0 Å². The number of hydrogen-bond donors (Lipinski definition) is 1. The van der Waals surface area contributed by atoms with E-state index in [0.29, 0.717) is 16.5 Å². The highest BCUT2D eigenvalue weighted by Crippen LogP contribution is 2.27. The fourth-order valence-electron chi connectivity index (χ4n) is 5.02. The molecule has 0 heterocycles. The molecule has 46 heavy (non-hydrogen) atoms. The van der Waals surface area contributed by atoms with Crippen LogP contribution < -0.4 is 14.4 Å². The summed E-state index contributed by atoms with van der Waals surface area (Å²) >= 11 is 6.06. The molecule has 0 bridgehead atoms. The Bertz CT molecular complexity index is 1760. The summed E-state index contributed by atoms with van der Waals surface area (Å²) in [5.74, 6) is -0.308. The van der Waals surface area contributed by atoms with Crippen molar-refractivity contribution < 1.29 is 22.7 Å². The minimum absolute atomic E-state index is 0.0168. The molecule has 0 fully saturated rings. The molecule has 4 aromatic carbocycles. The first-order valence-electron chi connectivity index (χ1n) is 14.9. The van der Waals surface area contributed by atoms with Crippen molar-refractivity contribution in [2.45, 2.75) is 57.1 Å². The Morgan fingerprint density at radius 1 is 0.870 bits per heavy atom. The molecule has 8 nitrogen and oxygen atoms in total. The molecule has 4 rings (SSSR count). The zero-order chi connectivity index (χ0) is 33.5. The lowest BCUT2D eigenvalue weighted by atomic mass is 10.0. The lowest BCUT2D eigenvalue weighted by Crippen LogP contribution is -2.56. The minimum atomic E-state index is -4.23. The van der Waals surface area contributed by atoms with E-state index in [1.54, 1.807) is 37.4 Å². The van der Waals surface area contributed by atoms with Crippen LogP contribution in [0.1, 0.15) is 37.5 Å². The van der Waals surface area contributed by atoms with E-state index in [1.807, 2.05) is 76.2 Å². The van der Waals surface area contributed by atoms with E-state index in [0.717, 1.165) is 21.0 Å². The van der Waals surface area contributed by atoms with E-state index in [2.05, 4.69) is 5.32 Å². The number of benzene rings is 4. The third-order valence-corrected chi connectivity index (χ3v) is 9.27. The molecule has 0 aliphatic rings. The topological polar surface area (TPSA) is 96.0 Å². The third kappa shape index (κ3) is 9.11. The van der Waals surface area contributed by atoms with Crippen LogP contribution in [0.3, 0.4) is 0 Å². The van der Waals surface area contributed by atoms with Crippen LogP contribution in [-0.4, -0.2) is 50.4 Å². The van der Waals surface area contributed by atoms with Crippen molar-refractivity contribution in [2.75, 3.05) is 18.0 Å². The highest BCUT2D eigenvalue weighted by molar-refractivity contribution is 7.92. The Kier molecular flexibility index (Phi) is 11.1. The lowest BCUT2D eigenvalue weighted by molar-refractivity contribution is -0.140. The number of methoxy groups -OCH3 is 1. The van der Waals surface area contributed by atoms with Crippen molar-refractivity contribution in [3.8, 4) is 5.75 Å². The van der Waals surface area contributed by atoms with Gasteiger partial charge in [-0.3, -0.25) is 13.9 Å². The highest BCUT2D eigenvalue weighted by Gasteiger charge is 2.35. The quantitative estimate of drug-likeness (QED) is 0.189. The standard InChI is InChI=1S/C36H40ClN3O5S/c1-26-11-9-15-30(21-26)40(46(43,44)32-19-17-29(37)18-20-32)25-34(41)39(24-28-14-10-16-31(22-28)45-5)33(35(42)38-36(2,3)4)23-27-12-7-6-8-13-27/h6-22,33H,23-25H2,1-5H3,(H,38,42)/t33-/m1/s1. The molecular weight excluding hydrogens is 622 g/mol. The number of halogens is 1. The molecule has 0 spiro atoms. The lowest BCUT2D eigenvalue weighted by Gasteiger charge is -2.35. The van der Waals surface area contributed by atoms with Gasteiger partial charge in [-0.05, 0) is 92.9 Å². The van der Waals surface area contributed by atoms with Crippen LogP contribution in [0.4, 0.5) is 5.69 Å². The molecule has 242 valence electrons. The molecule has 0 unspecified atom stereocenters. The molecule has 0 aliphatic carbocycles. The summed E-state index contributed by atoms with van der Waals surface area (Å²) in [5, 5.41) is 3.42. The fraction of sp³-hybridized carbons (Fsp3) is 0.278. The monoisotopic (exact) mass is 661 g/mol. The second kappa shape index (κ2) is 14.8. The summed E-state index contributed by atoms with van der Waals surface area (Å²) in [4.78, 5) is 30.0. The number of nitrogens with zero attached hydrogens (tertiary/aromatic N) is 2. The van der Waals surface area contributed by atoms with E-state index in [4.69, 9.17) is 16.3 Å². The predicted octanol–water partition coefficient (Wildman–Crippen LogP) is 6.41. The van der Waals surface area contributed by atoms with Gasteiger partial charge in [0.25, 0.3) is 10.0 Å². The summed E-state index contributed by atoms with van der Waals surface area (Å²) in [6.07, 6.45) is 0.215. The normalized spacial score (nSPS) is 12.2. The molecule has 10 heteroatoms. The maximum Gasteiger partial charge on any atom is 0.264 e. The van der Waals surface area contributed by atoms with Crippen molar-refractivity contribution >= 4 is 39.1 Å². The van der Waals surface area contributed by atoms with Crippen molar-refractivity contribution in [3.05, 3.63) is 125 Å². The molecular formula is C36H40ClN3O5S. The predicted molar refractivity (Wildman–Crippen MR) is 183 cm³/mol. The number of rotatable bonds is 12. The van der Waals surface area contributed by atoms with Gasteiger partial charge in [-0.2, -0.15) is 0 Å². The van der Waals surface area contributed by atoms with Gasteiger partial charge in [0, 0.05) is 23.5 Å². The van der Waals surface area contributed by atoms with Gasteiger partial charge in [0.1, 0.15) is 18.3 Å². The van der Waals surface area contributed by atoms with Crippen LogP contribution in [0, 0.1) is 6.92 Å². The van der Waals surface area contributed by atoms with Crippen LogP contribution in [-0.2, 0) is 32.6 Å². The number of carbonyl (C=O) groups is 2. The maximum atomic E-state index is 14.6. The minimum Gasteiger partial charge on any atom is -0.497 e. The van der Waals surface area contributed by atoms with Gasteiger partial charge in [-0.25, -0.2) is 8.42 Å². The Labute approximate surface area is 277 Å². The molecule has 0 radical (unpaired) electrons. The van der Waals surface area contributed by atoms with Crippen LogP contribution in [0.25, 0.3) is 0 Å². The number of hydrogen-bond acceptors (Lipinski definition) is 5. The Morgan fingerprint density at radius 3 is 2.15 bits per heavy atom. The fourth-order valence-corrected chi connectivity index (χ4v) is 6.55. The first-order valence-corrected chi connectivity index (χ1v) is 16.7. The third-order valence-electron chi connectivity index (χ3n) is 7.23. The summed E-state index contributed by atoms with van der Waals surface area (Å²) < 4.78 is 34.8. The molecule has 4 aromatic rings. The number of sulfonamides is 1. The van der Waals surface area contributed by atoms with Crippen LogP contribution in [0.15, 0.2) is 108 Å². The molecule has 0 saturated heterocycles. The first kappa shape index (κ1) is 34.5. The van der Waals surface area contributed by atoms with E-state index in [-0.39, 0.29) is 23.8 Å². The molecule has 0 aliphatic heterocycles. The molecule has 0 aromatic heterocycles. The van der Waals surface area contributed by atoms with E-state index in [9.17, 15) is 18.0 Å². The largest absolute Gasteiger partial charge is 0.497 e. The highest BCUT2D eigenvalue weighted by atomic mass is 35.5. The number of carbonyl (C=O) groups excluding carboxylic acids is 2. The zero-order valence-corrected chi connectivity index (χ0v) is 28.3. The Balaban J connectivity index is 1.83. The molecule has 0 saturated carbocycles. The second-order valence-electron chi connectivity index (χ2n) is 12.1. The SMILES string of the molecule is COc1cccc(CN(C(=O)CN(c2cccc(C)c2)S(=O)(=O)c2ccc(Cl)cc2)[C@H](Cc2ccccc2)C(=O)NC(C)(C)C)c1. The summed E-state index contributed by atoms with van der Waals surface area (Å²) in [6.45, 7) is 6.95. The first-order chi connectivity index (χ1) is 21.8. The van der Waals surface area contributed by atoms with E-state index in [1.165, 1.54) is 29.2 Å². The van der Waals surface area contributed by atoms with Gasteiger partial charge >= 0.3 is 0 Å². The van der Waals surface area contributed by atoms with Gasteiger partial charge < -0.3 is 15.0 Å². The molecule has 2 amide bonds. The summed E-state index contributed by atoms with van der Waals surface area (Å²) in [7, 11) is -2.67. The Hall–Kier alpha value is -4.34. The number of amides is 2. The van der Waals surface area contributed by atoms with Gasteiger partial charge in [0.05, 0.1) is 17.7 Å². The van der Waals surface area contributed by atoms with Gasteiger partial charge in [-0.15, -0.1) is 0 Å². The molecule has 1 N–H and O–H groups in total. The van der Waals surface area contributed by atoms with Crippen LogP contribution >= 0.6 is 11.6 Å². The van der Waals surface area contributed by atoms with Crippen LogP contribution in [0.2, 0.25) is 5.02 Å². The summed E-state index contributed by atoms with van der Waals surface area (Å²) in [6, 6.07) is 28.5. The summed E-state index contributed by atoms with van der Waals surface area (Å²) in [5.41, 5.74) is 2.13. The van der Waals surface area contributed by atoms with Crippen molar-refractivity contribution in [2.24, 2.45) is 0 Å². The van der Waals surface area contributed by atoms with Crippen LogP contribution in [0.5, 0.6) is 5.75 Å². The molecule has 1 atom stereocenters. The smallest absolute Gasteiger partial charge is 0.264 e. The average molecular weight is 662 g/mol. The van der Waals surface area contributed by atoms with Gasteiger partial charge in [0.2, 0.25) is 11.8 Å². The van der Waals surface area contributed by atoms with E-state index < -0.39 is 34.1 Å². The number of nitrogens with one attached hydrogen (secondary N) is 1. The Morgan fingerprint density at radius 2 is 1.52 bits per heavy atom. The number of anilines is 1. The number of aryl methyl sites for hydroxylation is 1. The van der Waals surface area contributed by atoms with Crippen molar-refractivity contribution in [1.29, 1.82) is 0 Å². The average Bonchev–Trinajstić information content (AvgIpc) is 3.01. The number of ether oxygens (including phenoxy) is 1. The zero-order valence-electron chi connectivity index (χ0n) is 26.7.